The summed E-state index contributed by atoms with van der Waals surface area (Å²) in [5, 5.41) is 9.08. The van der Waals surface area contributed by atoms with Crippen molar-refractivity contribution in [2.75, 3.05) is 13.2 Å². The van der Waals surface area contributed by atoms with Crippen molar-refractivity contribution in [2.24, 2.45) is 11.8 Å². The molecule has 0 aromatic heterocycles. The quantitative estimate of drug-likeness (QED) is 0.618. The lowest BCUT2D eigenvalue weighted by Gasteiger charge is -2.31. The van der Waals surface area contributed by atoms with Crippen molar-refractivity contribution in [3.8, 4) is 0 Å². The molecule has 0 bridgehead atoms. The van der Waals surface area contributed by atoms with Crippen LogP contribution in [-0.4, -0.2) is 24.4 Å². The molecule has 1 N–H and O–H groups in total. The Morgan fingerprint density at radius 2 is 2.18 bits per heavy atom. The Balaban J connectivity index is 2.00. The molecule has 3 atom stereocenters. The zero-order valence-corrected chi connectivity index (χ0v) is 6.83. The summed E-state index contributed by atoms with van der Waals surface area (Å²) in [6, 6.07) is 0. The highest BCUT2D eigenvalue weighted by molar-refractivity contribution is 4.85. The van der Waals surface area contributed by atoms with Crippen LogP contribution in [-0.2, 0) is 4.74 Å². The molecule has 0 aromatic rings. The number of hydrogen-bond donors (Lipinski definition) is 1. The highest BCUT2D eigenvalue weighted by Gasteiger charge is 2.36. The van der Waals surface area contributed by atoms with Crippen LogP contribution in [0.1, 0.15) is 25.7 Å². The lowest BCUT2D eigenvalue weighted by atomic mass is 9.77. The predicted molar refractivity (Wildman–Crippen MR) is 42.3 cm³/mol. The maximum atomic E-state index is 9.08. The predicted octanol–water partition coefficient (Wildman–Crippen LogP) is 1.18. The second-order valence-corrected chi connectivity index (χ2v) is 3.74. The largest absolute Gasteiger partial charge is 0.396 e. The van der Waals surface area contributed by atoms with Crippen LogP contribution in [0.15, 0.2) is 0 Å². The van der Waals surface area contributed by atoms with E-state index >= 15 is 0 Å². The fourth-order valence-corrected chi connectivity index (χ4v) is 2.52. The van der Waals surface area contributed by atoms with Crippen molar-refractivity contribution in [2.45, 2.75) is 31.8 Å². The third kappa shape index (κ3) is 1.30. The highest BCUT2D eigenvalue weighted by Crippen LogP contribution is 2.37. The molecule has 64 valence electrons. The third-order valence-corrected chi connectivity index (χ3v) is 3.16. The average Bonchev–Trinajstić information content (AvgIpc) is 2.50. The van der Waals surface area contributed by atoms with Gasteiger partial charge in [0.05, 0.1) is 6.10 Å². The van der Waals surface area contributed by atoms with E-state index in [4.69, 9.17) is 9.84 Å². The molecule has 1 aliphatic heterocycles. The minimum atomic E-state index is 0.366. The Labute approximate surface area is 67.6 Å². The first kappa shape index (κ1) is 7.56. The van der Waals surface area contributed by atoms with E-state index in [1.165, 1.54) is 25.7 Å². The lowest BCUT2D eigenvalue weighted by molar-refractivity contribution is 0.0274. The van der Waals surface area contributed by atoms with Gasteiger partial charge in [-0.3, -0.25) is 0 Å². The molecule has 1 saturated carbocycles. The first-order valence-electron chi connectivity index (χ1n) is 4.64. The molecule has 2 rings (SSSR count). The highest BCUT2D eigenvalue weighted by atomic mass is 16.5. The van der Waals surface area contributed by atoms with Crippen LogP contribution in [0.4, 0.5) is 0 Å². The van der Waals surface area contributed by atoms with Gasteiger partial charge >= 0.3 is 0 Å². The van der Waals surface area contributed by atoms with Gasteiger partial charge in [-0.1, -0.05) is 6.42 Å². The smallest absolute Gasteiger partial charge is 0.0607 e. The molecule has 2 nitrogen and oxygen atoms in total. The molecular formula is C9H16O2. The number of hydrogen-bond acceptors (Lipinski definition) is 2. The first-order valence-corrected chi connectivity index (χ1v) is 4.64. The van der Waals surface area contributed by atoms with Crippen molar-refractivity contribution in [3.05, 3.63) is 0 Å². The molecule has 1 saturated heterocycles. The molecule has 0 aromatic carbocycles. The van der Waals surface area contributed by atoms with Crippen LogP contribution in [0.3, 0.4) is 0 Å². The molecule has 0 amide bonds. The van der Waals surface area contributed by atoms with Crippen molar-refractivity contribution < 1.29 is 9.84 Å². The molecule has 2 fully saturated rings. The normalized spacial score (nSPS) is 43.9. The Bertz CT molecular complexity index is 136. The van der Waals surface area contributed by atoms with Crippen LogP contribution in [0.2, 0.25) is 0 Å². The summed E-state index contributed by atoms with van der Waals surface area (Å²) in [5.41, 5.74) is 0. The van der Waals surface area contributed by atoms with Gasteiger partial charge in [-0.15, -0.1) is 0 Å². The van der Waals surface area contributed by atoms with Gasteiger partial charge in [-0.2, -0.15) is 0 Å². The van der Waals surface area contributed by atoms with Gasteiger partial charge in [-0.25, -0.2) is 0 Å². The van der Waals surface area contributed by atoms with Crippen molar-refractivity contribution >= 4 is 0 Å². The van der Waals surface area contributed by atoms with E-state index in [2.05, 4.69) is 0 Å². The van der Waals surface area contributed by atoms with Crippen molar-refractivity contribution in [1.29, 1.82) is 0 Å². The Hall–Kier alpha value is -0.0800. The summed E-state index contributed by atoms with van der Waals surface area (Å²) in [6.45, 7) is 1.29. The summed E-state index contributed by atoms with van der Waals surface area (Å²) in [6.07, 6.45) is 5.34. The Morgan fingerprint density at radius 1 is 1.27 bits per heavy atom. The average molecular weight is 156 g/mol. The lowest BCUT2D eigenvalue weighted by Crippen LogP contribution is -2.30. The van der Waals surface area contributed by atoms with Gasteiger partial charge in [-0.05, 0) is 31.1 Å². The molecule has 0 unspecified atom stereocenters. The molecule has 11 heavy (non-hydrogen) atoms. The SMILES string of the molecule is OC[C@H]1CCC[C@@H]2OCC[C@H]12. The Kier molecular flexibility index (Phi) is 2.14. The molecule has 1 heterocycles. The standard InChI is InChI=1S/C9H16O2/c10-6-7-2-1-3-9-8(7)4-5-11-9/h7-10H,1-6H2/t7-,8-,9+/m1/s1. The topological polar surface area (TPSA) is 29.5 Å². The van der Waals surface area contributed by atoms with Gasteiger partial charge in [0.2, 0.25) is 0 Å². The number of fused-ring (bicyclic) bond motifs is 1. The maximum Gasteiger partial charge on any atom is 0.0607 e. The van der Waals surface area contributed by atoms with Gasteiger partial charge in [0, 0.05) is 13.2 Å². The van der Waals surface area contributed by atoms with Gasteiger partial charge in [0.25, 0.3) is 0 Å². The van der Waals surface area contributed by atoms with Crippen LogP contribution in [0, 0.1) is 11.8 Å². The van der Waals surface area contributed by atoms with Crippen LogP contribution < -0.4 is 0 Å². The van der Waals surface area contributed by atoms with E-state index < -0.39 is 0 Å². The summed E-state index contributed by atoms with van der Waals surface area (Å²) in [4.78, 5) is 0. The Morgan fingerprint density at radius 3 is 3.00 bits per heavy atom. The van der Waals surface area contributed by atoms with E-state index in [9.17, 15) is 0 Å². The molecular weight excluding hydrogens is 140 g/mol. The first-order chi connectivity index (χ1) is 5.42. The monoisotopic (exact) mass is 156 g/mol. The summed E-state index contributed by atoms with van der Waals surface area (Å²) in [5.74, 6) is 1.21. The number of aliphatic hydroxyl groups is 1. The van der Waals surface area contributed by atoms with Crippen molar-refractivity contribution in [1.82, 2.24) is 0 Å². The number of rotatable bonds is 1. The van der Waals surface area contributed by atoms with Crippen LogP contribution in [0.25, 0.3) is 0 Å². The number of aliphatic hydroxyl groups excluding tert-OH is 1. The van der Waals surface area contributed by atoms with Crippen molar-refractivity contribution in [3.63, 3.8) is 0 Å². The van der Waals surface area contributed by atoms with E-state index in [-0.39, 0.29) is 0 Å². The van der Waals surface area contributed by atoms with Crippen LogP contribution in [0.5, 0.6) is 0 Å². The fourth-order valence-electron chi connectivity index (χ4n) is 2.52. The second kappa shape index (κ2) is 3.11. The van der Waals surface area contributed by atoms with E-state index in [1.54, 1.807) is 0 Å². The van der Waals surface area contributed by atoms with Gasteiger partial charge < -0.3 is 9.84 Å². The van der Waals surface area contributed by atoms with E-state index in [0.717, 1.165) is 6.61 Å². The molecule has 0 spiro atoms. The zero-order chi connectivity index (χ0) is 7.68. The number of ether oxygens (including phenoxy) is 1. The minimum absolute atomic E-state index is 0.366. The molecule has 0 radical (unpaired) electrons. The van der Waals surface area contributed by atoms with Gasteiger partial charge in [0.15, 0.2) is 0 Å². The second-order valence-electron chi connectivity index (χ2n) is 3.74. The van der Waals surface area contributed by atoms with E-state index in [0.29, 0.717) is 24.5 Å². The third-order valence-electron chi connectivity index (χ3n) is 3.16. The summed E-state index contributed by atoms with van der Waals surface area (Å²) >= 11 is 0. The molecule has 1 aliphatic carbocycles. The fraction of sp³-hybridized carbons (Fsp3) is 1.00. The summed E-state index contributed by atoms with van der Waals surface area (Å²) < 4.78 is 5.58. The molecule has 2 heteroatoms. The van der Waals surface area contributed by atoms with Gasteiger partial charge in [0.1, 0.15) is 0 Å². The maximum absolute atomic E-state index is 9.08. The van der Waals surface area contributed by atoms with E-state index in [1.807, 2.05) is 0 Å². The molecule has 2 aliphatic rings. The van der Waals surface area contributed by atoms with Crippen LogP contribution >= 0.6 is 0 Å². The summed E-state index contributed by atoms with van der Waals surface area (Å²) in [7, 11) is 0. The zero-order valence-electron chi connectivity index (χ0n) is 6.83. The minimum Gasteiger partial charge on any atom is -0.396 e.